The van der Waals surface area contributed by atoms with E-state index in [9.17, 15) is 13.2 Å². The highest BCUT2D eigenvalue weighted by molar-refractivity contribution is 7.92. The molecule has 0 spiro atoms. The fourth-order valence-corrected chi connectivity index (χ4v) is 4.89. The average molecular weight is 493 g/mol. The number of nitrogens with one attached hydrogen (secondary N) is 2. The van der Waals surface area contributed by atoms with Crippen LogP contribution in [-0.2, 0) is 16.6 Å². The van der Waals surface area contributed by atoms with Crippen LogP contribution in [0.15, 0.2) is 77.7 Å². The monoisotopic (exact) mass is 492 g/mol. The van der Waals surface area contributed by atoms with Crippen molar-refractivity contribution in [1.29, 1.82) is 0 Å². The van der Waals surface area contributed by atoms with E-state index in [2.05, 4.69) is 19.6 Å². The van der Waals surface area contributed by atoms with E-state index in [-0.39, 0.29) is 10.8 Å². The molecule has 35 heavy (non-hydrogen) atoms. The predicted molar refractivity (Wildman–Crippen MR) is 136 cm³/mol. The highest BCUT2D eigenvalue weighted by atomic mass is 32.2. The highest BCUT2D eigenvalue weighted by Crippen LogP contribution is 2.20. The molecular weight excluding hydrogens is 464 g/mol. The molecule has 182 valence electrons. The van der Waals surface area contributed by atoms with Crippen molar-refractivity contribution in [2.24, 2.45) is 0 Å². The largest absolute Gasteiger partial charge is 0.494 e. The lowest BCUT2D eigenvalue weighted by molar-refractivity contribution is 0.0953. The Morgan fingerprint density at radius 1 is 1.03 bits per heavy atom. The van der Waals surface area contributed by atoms with E-state index < -0.39 is 10.0 Å². The molecule has 0 aliphatic carbocycles. The smallest absolute Gasteiger partial charge is 0.261 e. The summed E-state index contributed by atoms with van der Waals surface area (Å²) in [6.07, 6.45) is 0.733. The number of ether oxygens (including phenoxy) is 1. The summed E-state index contributed by atoms with van der Waals surface area (Å²) in [5.41, 5.74) is 2.72. The molecule has 1 aromatic heterocycles. The number of hydrogen-bond donors (Lipinski definition) is 2. The summed E-state index contributed by atoms with van der Waals surface area (Å²) in [6, 6.07) is 20.6. The van der Waals surface area contributed by atoms with Crippen LogP contribution >= 0.6 is 0 Å². The van der Waals surface area contributed by atoms with E-state index in [4.69, 9.17) is 4.74 Å². The van der Waals surface area contributed by atoms with Crippen LogP contribution in [0.25, 0.3) is 11.0 Å². The van der Waals surface area contributed by atoms with Gasteiger partial charge in [-0.1, -0.05) is 18.2 Å². The van der Waals surface area contributed by atoms with Gasteiger partial charge >= 0.3 is 0 Å². The van der Waals surface area contributed by atoms with E-state index >= 15 is 0 Å². The summed E-state index contributed by atoms with van der Waals surface area (Å²) in [5, 5.41) is 2.91. The average Bonchev–Trinajstić information content (AvgIpc) is 3.17. The van der Waals surface area contributed by atoms with Crippen molar-refractivity contribution < 1.29 is 17.9 Å². The molecule has 2 N–H and O–H groups in total. The summed E-state index contributed by atoms with van der Waals surface area (Å²) >= 11 is 0. The zero-order valence-corrected chi connectivity index (χ0v) is 20.5. The molecule has 0 aliphatic heterocycles. The van der Waals surface area contributed by atoms with E-state index in [0.717, 1.165) is 29.8 Å². The summed E-state index contributed by atoms with van der Waals surface area (Å²) in [4.78, 5) is 17.3. The maximum absolute atomic E-state index is 12.7. The molecule has 3 aromatic carbocycles. The SMILES string of the molecule is CCOc1ccc(S(=O)(=O)Nc2cccc(C(=O)NCCCn3c(C)nc4ccccc43)c2)cc1. The number of aromatic nitrogens is 2. The second kappa shape index (κ2) is 10.6. The standard InChI is InChI=1S/C26H28N4O4S/c1-3-34-22-12-14-23(15-13-22)35(32,33)29-21-9-6-8-20(18-21)26(31)27-16-7-17-30-19(2)28-24-10-4-5-11-25(24)30/h4-6,8-15,18,29H,3,7,16-17H2,1-2H3,(H,27,31). The van der Waals surface area contributed by atoms with Gasteiger partial charge in [0, 0.05) is 24.3 Å². The maximum Gasteiger partial charge on any atom is 0.261 e. The van der Waals surface area contributed by atoms with Crippen LogP contribution in [0.3, 0.4) is 0 Å². The Kier molecular flexibility index (Phi) is 7.36. The van der Waals surface area contributed by atoms with Crippen LogP contribution in [0.1, 0.15) is 29.5 Å². The number of hydrogen-bond acceptors (Lipinski definition) is 5. The van der Waals surface area contributed by atoms with Gasteiger partial charge in [-0.3, -0.25) is 9.52 Å². The molecule has 0 unspecified atom stereocenters. The third-order valence-corrected chi connectivity index (χ3v) is 6.91. The van der Waals surface area contributed by atoms with Gasteiger partial charge in [0.05, 0.1) is 22.5 Å². The molecule has 0 saturated carbocycles. The number of carbonyl (C=O) groups is 1. The highest BCUT2D eigenvalue weighted by Gasteiger charge is 2.15. The predicted octanol–water partition coefficient (Wildman–Crippen LogP) is 4.36. The van der Waals surface area contributed by atoms with Crippen molar-refractivity contribution in [3.8, 4) is 5.75 Å². The van der Waals surface area contributed by atoms with Crippen molar-refractivity contribution >= 4 is 32.7 Å². The number of anilines is 1. The number of amides is 1. The van der Waals surface area contributed by atoms with Gasteiger partial charge in [0.25, 0.3) is 15.9 Å². The van der Waals surface area contributed by atoms with Crippen molar-refractivity contribution in [3.63, 3.8) is 0 Å². The van der Waals surface area contributed by atoms with E-state index in [0.29, 0.717) is 30.2 Å². The van der Waals surface area contributed by atoms with Crippen LogP contribution in [-0.4, -0.2) is 37.0 Å². The fourth-order valence-electron chi connectivity index (χ4n) is 3.84. The molecule has 0 aliphatic rings. The Morgan fingerprint density at radius 3 is 2.57 bits per heavy atom. The van der Waals surface area contributed by atoms with Crippen molar-refractivity contribution in [1.82, 2.24) is 14.9 Å². The molecular formula is C26H28N4O4S. The first kappa shape index (κ1) is 24.3. The third kappa shape index (κ3) is 5.81. The van der Waals surface area contributed by atoms with E-state index in [1.807, 2.05) is 38.1 Å². The Bertz CT molecular complexity index is 1430. The molecule has 9 heteroatoms. The minimum Gasteiger partial charge on any atom is -0.494 e. The maximum atomic E-state index is 12.7. The van der Waals surface area contributed by atoms with Crippen molar-refractivity contribution in [2.45, 2.75) is 31.7 Å². The summed E-state index contributed by atoms with van der Waals surface area (Å²) < 4.78 is 35.5. The van der Waals surface area contributed by atoms with Crippen LogP contribution in [0.4, 0.5) is 5.69 Å². The molecule has 0 atom stereocenters. The molecule has 0 fully saturated rings. The first-order valence-electron chi connectivity index (χ1n) is 11.4. The molecule has 1 amide bonds. The van der Waals surface area contributed by atoms with Gasteiger partial charge in [-0.2, -0.15) is 0 Å². The summed E-state index contributed by atoms with van der Waals surface area (Å²) in [5.74, 6) is 1.27. The van der Waals surface area contributed by atoms with Crippen molar-refractivity contribution in [3.05, 3.63) is 84.2 Å². The fraction of sp³-hybridized carbons (Fsp3) is 0.231. The lowest BCUT2D eigenvalue weighted by Crippen LogP contribution is -2.25. The quantitative estimate of drug-likeness (QED) is 0.320. The third-order valence-electron chi connectivity index (χ3n) is 5.51. The van der Waals surface area contributed by atoms with Crippen LogP contribution in [0.2, 0.25) is 0 Å². The Balaban J connectivity index is 1.34. The number of para-hydroxylation sites is 2. The normalized spacial score (nSPS) is 11.4. The van der Waals surface area contributed by atoms with Gasteiger partial charge in [-0.05, 0) is 74.9 Å². The minimum absolute atomic E-state index is 0.109. The van der Waals surface area contributed by atoms with E-state index in [1.165, 1.54) is 18.2 Å². The topological polar surface area (TPSA) is 102 Å². The first-order valence-corrected chi connectivity index (χ1v) is 12.9. The van der Waals surface area contributed by atoms with Gasteiger partial charge < -0.3 is 14.6 Å². The molecule has 8 nitrogen and oxygen atoms in total. The van der Waals surface area contributed by atoms with Gasteiger partial charge in [0.1, 0.15) is 11.6 Å². The first-order chi connectivity index (χ1) is 16.9. The molecule has 4 aromatic rings. The lowest BCUT2D eigenvalue weighted by Gasteiger charge is -2.11. The van der Waals surface area contributed by atoms with Gasteiger partial charge in [-0.15, -0.1) is 0 Å². The number of rotatable bonds is 10. The number of imidazole rings is 1. The van der Waals surface area contributed by atoms with Crippen LogP contribution in [0.5, 0.6) is 5.75 Å². The molecule has 4 rings (SSSR count). The summed E-state index contributed by atoms with van der Waals surface area (Å²) in [6.45, 7) is 5.54. The zero-order chi connectivity index (χ0) is 24.8. The number of fused-ring (bicyclic) bond motifs is 1. The second-order valence-corrected chi connectivity index (χ2v) is 9.68. The van der Waals surface area contributed by atoms with Gasteiger partial charge in [0.15, 0.2) is 0 Å². The second-order valence-electron chi connectivity index (χ2n) is 8.00. The Labute approximate surface area is 205 Å². The molecule has 1 heterocycles. The number of sulfonamides is 1. The summed E-state index contributed by atoms with van der Waals surface area (Å²) in [7, 11) is -3.80. The molecule has 0 bridgehead atoms. The Hall–Kier alpha value is -3.85. The van der Waals surface area contributed by atoms with Crippen LogP contribution < -0.4 is 14.8 Å². The lowest BCUT2D eigenvalue weighted by atomic mass is 10.2. The molecule has 0 radical (unpaired) electrons. The minimum atomic E-state index is -3.80. The van der Waals surface area contributed by atoms with Crippen LogP contribution in [0, 0.1) is 6.92 Å². The number of carbonyl (C=O) groups excluding carboxylic acids is 1. The Morgan fingerprint density at radius 2 is 1.80 bits per heavy atom. The number of aryl methyl sites for hydroxylation is 2. The number of nitrogens with zero attached hydrogens (tertiary/aromatic N) is 2. The zero-order valence-electron chi connectivity index (χ0n) is 19.7. The van der Waals surface area contributed by atoms with E-state index in [1.54, 1.807) is 30.3 Å². The van der Waals surface area contributed by atoms with Gasteiger partial charge in [0.2, 0.25) is 0 Å². The number of benzene rings is 3. The van der Waals surface area contributed by atoms with Gasteiger partial charge in [-0.25, -0.2) is 13.4 Å². The van der Waals surface area contributed by atoms with Crippen molar-refractivity contribution in [2.75, 3.05) is 17.9 Å². The molecule has 0 saturated heterocycles.